The molecule has 0 bridgehead atoms. The van der Waals surface area contributed by atoms with Gasteiger partial charge in [0.05, 0.1) is 12.4 Å². The number of piperazine rings is 1. The van der Waals surface area contributed by atoms with Crippen molar-refractivity contribution in [2.75, 3.05) is 49.1 Å². The summed E-state index contributed by atoms with van der Waals surface area (Å²) in [6.07, 6.45) is 10.2. The molecule has 5 rings (SSSR count). The van der Waals surface area contributed by atoms with Gasteiger partial charge in [-0.05, 0) is 6.07 Å². The average molecular weight is 364 g/mol. The Bertz CT molecular complexity index is 870. The maximum atomic E-state index is 4.65. The standard InChI is InChI=1S/C17H20N10/c1-2-20-17(21-3-1)25-6-4-24(5-7-25)14-10-26(11-14)15-8-18-9-16(23-15)27-13-19-12-22-27/h1-3,8-9,12-14H,4-7,10-11H2. The first-order chi connectivity index (χ1) is 13.4. The molecule has 2 saturated heterocycles. The second-order valence-electron chi connectivity index (χ2n) is 6.71. The van der Waals surface area contributed by atoms with Gasteiger partial charge in [0, 0.05) is 57.7 Å². The lowest BCUT2D eigenvalue weighted by atomic mass is 10.1. The zero-order valence-electron chi connectivity index (χ0n) is 14.8. The topological polar surface area (TPSA) is 92.0 Å². The Hall–Kier alpha value is -3.14. The van der Waals surface area contributed by atoms with Crippen LogP contribution in [0.3, 0.4) is 0 Å². The van der Waals surface area contributed by atoms with Gasteiger partial charge in [0.25, 0.3) is 0 Å². The van der Waals surface area contributed by atoms with Crippen LogP contribution >= 0.6 is 0 Å². The second kappa shape index (κ2) is 6.88. The van der Waals surface area contributed by atoms with Crippen LogP contribution in [0.1, 0.15) is 0 Å². The smallest absolute Gasteiger partial charge is 0.225 e. The van der Waals surface area contributed by atoms with E-state index < -0.39 is 0 Å². The third kappa shape index (κ3) is 3.19. The molecule has 2 fully saturated rings. The molecular weight excluding hydrogens is 344 g/mol. The van der Waals surface area contributed by atoms with Gasteiger partial charge in [-0.15, -0.1) is 0 Å². The SMILES string of the molecule is c1cnc(N2CCN(C3CN(c4cncc(-n5cncn5)n4)C3)CC2)nc1. The van der Waals surface area contributed by atoms with E-state index in [2.05, 4.69) is 44.7 Å². The Balaban J connectivity index is 1.17. The first-order valence-corrected chi connectivity index (χ1v) is 9.05. The Morgan fingerprint density at radius 3 is 2.37 bits per heavy atom. The van der Waals surface area contributed by atoms with Crippen LogP contribution in [0.4, 0.5) is 11.8 Å². The molecule has 5 heterocycles. The van der Waals surface area contributed by atoms with Crippen molar-refractivity contribution in [3.63, 3.8) is 0 Å². The fourth-order valence-corrected chi connectivity index (χ4v) is 3.55. The summed E-state index contributed by atoms with van der Waals surface area (Å²) in [4.78, 5) is 28.7. The fourth-order valence-electron chi connectivity index (χ4n) is 3.55. The van der Waals surface area contributed by atoms with Crippen LogP contribution in [0.15, 0.2) is 43.5 Å². The number of anilines is 2. The lowest BCUT2D eigenvalue weighted by Crippen LogP contribution is -2.63. The van der Waals surface area contributed by atoms with Gasteiger partial charge in [-0.2, -0.15) is 5.10 Å². The van der Waals surface area contributed by atoms with Crippen LogP contribution in [0.5, 0.6) is 0 Å². The Morgan fingerprint density at radius 1 is 0.852 bits per heavy atom. The first-order valence-electron chi connectivity index (χ1n) is 9.05. The molecule has 0 aliphatic carbocycles. The first kappa shape index (κ1) is 16.1. The monoisotopic (exact) mass is 364 g/mol. The van der Waals surface area contributed by atoms with Gasteiger partial charge >= 0.3 is 0 Å². The summed E-state index contributed by atoms with van der Waals surface area (Å²) < 4.78 is 1.62. The summed E-state index contributed by atoms with van der Waals surface area (Å²) in [5.41, 5.74) is 0. The minimum absolute atomic E-state index is 0.556. The van der Waals surface area contributed by atoms with E-state index in [1.54, 1.807) is 35.8 Å². The molecule has 10 heteroatoms. The zero-order chi connectivity index (χ0) is 18.1. The van der Waals surface area contributed by atoms with Crippen LogP contribution < -0.4 is 9.80 Å². The number of nitrogens with zero attached hydrogens (tertiary/aromatic N) is 10. The molecule has 10 nitrogen and oxygen atoms in total. The molecule has 0 saturated carbocycles. The molecule has 0 atom stereocenters. The molecule has 2 aliphatic heterocycles. The van der Waals surface area contributed by atoms with Gasteiger partial charge in [0.15, 0.2) is 5.82 Å². The minimum Gasteiger partial charge on any atom is -0.352 e. The highest BCUT2D eigenvalue weighted by Crippen LogP contribution is 2.23. The van der Waals surface area contributed by atoms with Crippen molar-refractivity contribution in [2.24, 2.45) is 0 Å². The highest BCUT2D eigenvalue weighted by Gasteiger charge is 2.34. The lowest BCUT2D eigenvalue weighted by molar-refractivity contribution is 0.156. The van der Waals surface area contributed by atoms with Gasteiger partial charge in [-0.3, -0.25) is 9.88 Å². The van der Waals surface area contributed by atoms with Crippen LogP contribution in [0.25, 0.3) is 5.82 Å². The van der Waals surface area contributed by atoms with Crippen LogP contribution in [0.2, 0.25) is 0 Å². The second-order valence-corrected chi connectivity index (χ2v) is 6.71. The molecule has 0 unspecified atom stereocenters. The van der Waals surface area contributed by atoms with Crippen LogP contribution in [-0.2, 0) is 0 Å². The fraction of sp³-hybridized carbons (Fsp3) is 0.412. The van der Waals surface area contributed by atoms with Crippen molar-refractivity contribution in [1.82, 2.24) is 39.6 Å². The van der Waals surface area contributed by atoms with E-state index in [9.17, 15) is 0 Å². The maximum absolute atomic E-state index is 4.65. The van der Waals surface area contributed by atoms with Crippen molar-refractivity contribution in [1.29, 1.82) is 0 Å². The highest BCUT2D eigenvalue weighted by molar-refractivity contribution is 5.43. The largest absolute Gasteiger partial charge is 0.352 e. The van der Waals surface area contributed by atoms with Gasteiger partial charge in [0.2, 0.25) is 5.95 Å². The summed E-state index contributed by atoms with van der Waals surface area (Å²) in [7, 11) is 0. The predicted octanol–water partition coefficient (Wildman–Crippen LogP) is -0.142. The van der Waals surface area contributed by atoms with Crippen LogP contribution in [0, 0.1) is 0 Å². The quantitative estimate of drug-likeness (QED) is 0.627. The number of aromatic nitrogens is 7. The number of rotatable bonds is 4. The molecule has 3 aromatic heterocycles. The minimum atomic E-state index is 0.556. The molecule has 0 N–H and O–H groups in total. The molecular formula is C17H20N10. The van der Waals surface area contributed by atoms with Gasteiger partial charge in [-0.1, -0.05) is 0 Å². The lowest BCUT2D eigenvalue weighted by Gasteiger charge is -2.48. The van der Waals surface area contributed by atoms with Gasteiger partial charge in [-0.25, -0.2) is 24.6 Å². The molecule has 0 radical (unpaired) electrons. The van der Waals surface area contributed by atoms with E-state index in [-0.39, 0.29) is 0 Å². The van der Waals surface area contributed by atoms with E-state index >= 15 is 0 Å². The summed E-state index contributed by atoms with van der Waals surface area (Å²) >= 11 is 0. The zero-order valence-corrected chi connectivity index (χ0v) is 14.8. The Morgan fingerprint density at radius 2 is 1.63 bits per heavy atom. The van der Waals surface area contributed by atoms with E-state index in [0.717, 1.165) is 51.0 Å². The normalized spacial score (nSPS) is 18.5. The van der Waals surface area contributed by atoms with Crippen LogP contribution in [-0.4, -0.2) is 84.9 Å². The molecule has 0 spiro atoms. The number of hydrogen-bond acceptors (Lipinski definition) is 9. The van der Waals surface area contributed by atoms with Gasteiger partial charge in [0.1, 0.15) is 18.5 Å². The van der Waals surface area contributed by atoms with E-state index in [1.165, 1.54) is 6.33 Å². The molecule has 2 aliphatic rings. The summed E-state index contributed by atoms with van der Waals surface area (Å²) in [6, 6.07) is 2.41. The van der Waals surface area contributed by atoms with E-state index in [1.807, 2.05) is 6.07 Å². The average Bonchev–Trinajstić information content (AvgIpc) is 3.23. The summed E-state index contributed by atoms with van der Waals surface area (Å²) in [6.45, 7) is 5.92. The Labute approximate surface area is 156 Å². The molecule has 138 valence electrons. The van der Waals surface area contributed by atoms with Crippen molar-refractivity contribution in [3.8, 4) is 5.82 Å². The van der Waals surface area contributed by atoms with E-state index in [4.69, 9.17) is 0 Å². The van der Waals surface area contributed by atoms with Crippen molar-refractivity contribution >= 4 is 11.8 Å². The van der Waals surface area contributed by atoms with Crippen molar-refractivity contribution in [3.05, 3.63) is 43.5 Å². The van der Waals surface area contributed by atoms with E-state index in [0.29, 0.717) is 11.9 Å². The molecule has 3 aromatic rings. The predicted molar refractivity (Wildman–Crippen MR) is 98.8 cm³/mol. The van der Waals surface area contributed by atoms with Crippen molar-refractivity contribution in [2.45, 2.75) is 6.04 Å². The summed E-state index contributed by atoms with van der Waals surface area (Å²) in [5.74, 6) is 2.40. The Kier molecular flexibility index (Phi) is 4.09. The number of hydrogen-bond donors (Lipinski definition) is 0. The molecule has 0 amide bonds. The summed E-state index contributed by atoms with van der Waals surface area (Å²) in [5, 5.41) is 4.11. The maximum Gasteiger partial charge on any atom is 0.225 e. The molecule has 27 heavy (non-hydrogen) atoms. The third-order valence-electron chi connectivity index (χ3n) is 5.11. The van der Waals surface area contributed by atoms with Gasteiger partial charge < -0.3 is 9.80 Å². The molecule has 0 aromatic carbocycles. The van der Waals surface area contributed by atoms with Crippen molar-refractivity contribution < 1.29 is 0 Å². The highest BCUT2D eigenvalue weighted by atomic mass is 15.4. The third-order valence-corrected chi connectivity index (χ3v) is 5.11.